The number of rotatable bonds is 6. The van der Waals surface area contributed by atoms with Gasteiger partial charge in [-0.05, 0) is 32.5 Å². The van der Waals surface area contributed by atoms with Crippen molar-refractivity contribution in [2.24, 2.45) is 5.92 Å². The number of aliphatic hydroxyl groups is 1. The molecule has 3 nitrogen and oxygen atoms in total. The molecule has 0 bridgehead atoms. The first kappa shape index (κ1) is 15.1. The predicted molar refractivity (Wildman–Crippen MR) is 70.7 cm³/mol. The van der Waals surface area contributed by atoms with Gasteiger partial charge >= 0.3 is 0 Å². The number of aromatic nitrogens is 1. The van der Waals surface area contributed by atoms with E-state index in [-0.39, 0.29) is 11.7 Å². The van der Waals surface area contributed by atoms with Crippen molar-refractivity contribution in [3.63, 3.8) is 0 Å². The molecule has 0 aliphatic rings. The van der Waals surface area contributed by atoms with Crippen molar-refractivity contribution in [2.45, 2.75) is 39.3 Å². The van der Waals surface area contributed by atoms with Gasteiger partial charge in [0.2, 0.25) is 0 Å². The molecule has 0 radical (unpaired) electrons. The SMILES string of the molecule is CCC(C)N(C)CC(C)C(O)c1ccc(F)cn1. The van der Waals surface area contributed by atoms with Gasteiger partial charge in [-0.25, -0.2) is 4.39 Å². The second-order valence-corrected chi connectivity index (χ2v) is 5.02. The van der Waals surface area contributed by atoms with E-state index in [2.05, 4.69) is 30.8 Å². The van der Waals surface area contributed by atoms with E-state index in [1.165, 1.54) is 6.07 Å². The number of halogens is 1. The summed E-state index contributed by atoms with van der Waals surface area (Å²) in [6.07, 6.45) is 1.56. The zero-order chi connectivity index (χ0) is 13.7. The van der Waals surface area contributed by atoms with Crippen LogP contribution in [0.15, 0.2) is 18.3 Å². The smallest absolute Gasteiger partial charge is 0.141 e. The van der Waals surface area contributed by atoms with E-state index in [1.807, 2.05) is 6.92 Å². The van der Waals surface area contributed by atoms with Gasteiger partial charge in [0.25, 0.3) is 0 Å². The average molecular weight is 254 g/mol. The van der Waals surface area contributed by atoms with Gasteiger partial charge in [-0.3, -0.25) is 4.98 Å². The third-order valence-electron chi connectivity index (χ3n) is 3.51. The van der Waals surface area contributed by atoms with E-state index in [0.717, 1.165) is 19.2 Å². The first-order valence-corrected chi connectivity index (χ1v) is 6.45. The maximum absolute atomic E-state index is 12.8. The predicted octanol–water partition coefficient (Wildman–Crippen LogP) is 2.62. The molecule has 3 atom stereocenters. The van der Waals surface area contributed by atoms with E-state index in [1.54, 1.807) is 6.07 Å². The Balaban J connectivity index is 2.61. The van der Waals surface area contributed by atoms with Crippen LogP contribution >= 0.6 is 0 Å². The molecule has 4 heteroatoms. The highest BCUT2D eigenvalue weighted by Crippen LogP contribution is 2.21. The molecule has 18 heavy (non-hydrogen) atoms. The van der Waals surface area contributed by atoms with Crippen molar-refractivity contribution in [3.05, 3.63) is 29.8 Å². The van der Waals surface area contributed by atoms with Crippen molar-refractivity contribution in [3.8, 4) is 0 Å². The fraction of sp³-hybridized carbons (Fsp3) is 0.643. The summed E-state index contributed by atoms with van der Waals surface area (Å²) < 4.78 is 12.8. The third kappa shape index (κ3) is 4.03. The van der Waals surface area contributed by atoms with Gasteiger partial charge < -0.3 is 10.0 Å². The average Bonchev–Trinajstić information content (AvgIpc) is 2.37. The van der Waals surface area contributed by atoms with Crippen molar-refractivity contribution in [1.29, 1.82) is 0 Å². The fourth-order valence-corrected chi connectivity index (χ4v) is 1.90. The van der Waals surface area contributed by atoms with E-state index >= 15 is 0 Å². The zero-order valence-corrected chi connectivity index (χ0v) is 11.6. The van der Waals surface area contributed by atoms with Crippen molar-refractivity contribution in [2.75, 3.05) is 13.6 Å². The minimum absolute atomic E-state index is 0.0574. The minimum atomic E-state index is -0.655. The van der Waals surface area contributed by atoms with Crippen LogP contribution in [0.1, 0.15) is 39.0 Å². The minimum Gasteiger partial charge on any atom is -0.386 e. The highest BCUT2D eigenvalue weighted by Gasteiger charge is 2.20. The molecule has 1 aromatic rings. The van der Waals surface area contributed by atoms with Crippen LogP contribution in [-0.4, -0.2) is 34.6 Å². The summed E-state index contributed by atoms with van der Waals surface area (Å²) in [7, 11) is 2.05. The maximum Gasteiger partial charge on any atom is 0.141 e. The van der Waals surface area contributed by atoms with Crippen LogP contribution in [0.3, 0.4) is 0 Å². The number of pyridine rings is 1. The highest BCUT2D eigenvalue weighted by atomic mass is 19.1. The summed E-state index contributed by atoms with van der Waals surface area (Å²) in [6.45, 7) is 7.07. The lowest BCUT2D eigenvalue weighted by atomic mass is 10.00. The Kier molecular flexibility index (Phi) is 5.69. The number of aliphatic hydroxyl groups excluding tert-OH is 1. The summed E-state index contributed by atoms with van der Waals surface area (Å²) in [5, 5.41) is 10.2. The normalized spacial score (nSPS) is 16.6. The Morgan fingerprint density at radius 1 is 1.39 bits per heavy atom. The molecule has 0 amide bonds. The molecule has 3 unspecified atom stereocenters. The van der Waals surface area contributed by atoms with Crippen LogP contribution in [0.25, 0.3) is 0 Å². The molecule has 1 aromatic heterocycles. The lowest BCUT2D eigenvalue weighted by molar-refractivity contribution is 0.0818. The van der Waals surface area contributed by atoms with Crippen LogP contribution < -0.4 is 0 Å². The van der Waals surface area contributed by atoms with Crippen LogP contribution in [0.5, 0.6) is 0 Å². The lowest BCUT2D eigenvalue weighted by Crippen LogP contribution is -2.34. The summed E-state index contributed by atoms with van der Waals surface area (Å²) >= 11 is 0. The molecule has 1 rings (SSSR count). The van der Waals surface area contributed by atoms with Crippen LogP contribution in [0, 0.1) is 11.7 Å². The zero-order valence-electron chi connectivity index (χ0n) is 11.6. The van der Waals surface area contributed by atoms with Crippen molar-refractivity contribution < 1.29 is 9.50 Å². The van der Waals surface area contributed by atoms with E-state index in [0.29, 0.717) is 11.7 Å². The van der Waals surface area contributed by atoms with Gasteiger partial charge in [0.1, 0.15) is 5.82 Å². The van der Waals surface area contributed by atoms with Gasteiger partial charge in [-0.15, -0.1) is 0 Å². The summed E-state index contributed by atoms with van der Waals surface area (Å²) in [5.74, 6) is -0.322. The third-order valence-corrected chi connectivity index (χ3v) is 3.51. The van der Waals surface area contributed by atoms with E-state index < -0.39 is 6.10 Å². The molecule has 0 aromatic carbocycles. The standard InChI is InChI=1S/C14H23FN2O/c1-5-11(3)17(4)9-10(2)14(18)13-7-6-12(15)8-16-13/h6-8,10-11,14,18H,5,9H2,1-4H3. The molecular formula is C14H23FN2O. The van der Waals surface area contributed by atoms with E-state index in [9.17, 15) is 9.50 Å². The van der Waals surface area contributed by atoms with Gasteiger partial charge in [0.15, 0.2) is 0 Å². The monoisotopic (exact) mass is 254 g/mol. The Morgan fingerprint density at radius 2 is 2.06 bits per heavy atom. The van der Waals surface area contributed by atoms with Gasteiger partial charge in [-0.2, -0.15) is 0 Å². The molecule has 102 valence electrons. The number of nitrogens with zero attached hydrogens (tertiary/aromatic N) is 2. The van der Waals surface area contributed by atoms with Gasteiger partial charge in [0, 0.05) is 18.5 Å². The second kappa shape index (κ2) is 6.81. The molecule has 1 heterocycles. The van der Waals surface area contributed by atoms with Gasteiger partial charge in [0.05, 0.1) is 18.0 Å². The van der Waals surface area contributed by atoms with Crippen molar-refractivity contribution in [1.82, 2.24) is 9.88 Å². The Bertz CT molecular complexity index is 355. The first-order chi connectivity index (χ1) is 8.45. The van der Waals surface area contributed by atoms with Crippen LogP contribution in [-0.2, 0) is 0 Å². The molecule has 1 N–H and O–H groups in total. The molecular weight excluding hydrogens is 231 g/mol. The highest BCUT2D eigenvalue weighted by molar-refractivity contribution is 5.08. The Labute approximate surface area is 109 Å². The van der Waals surface area contributed by atoms with Gasteiger partial charge in [-0.1, -0.05) is 13.8 Å². The summed E-state index contributed by atoms with van der Waals surface area (Å²) in [6, 6.07) is 3.36. The quantitative estimate of drug-likeness (QED) is 0.847. The summed E-state index contributed by atoms with van der Waals surface area (Å²) in [5.41, 5.74) is 0.529. The van der Waals surface area contributed by atoms with Crippen LogP contribution in [0.4, 0.5) is 4.39 Å². The number of hydrogen-bond acceptors (Lipinski definition) is 3. The Morgan fingerprint density at radius 3 is 2.56 bits per heavy atom. The molecule has 0 aliphatic carbocycles. The topological polar surface area (TPSA) is 36.4 Å². The largest absolute Gasteiger partial charge is 0.386 e. The number of hydrogen-bond donors (Lipinski definition) is 1. The lowest BCUT2D eigenvalue weighted by Gasteiger charge is -2.28. The fourth-order valence-electron chi connectivity index (χ4n) is 1.90. The van der Waals surface area contributed by atoms with E-state index in [4.69, 9.17) is 0 Å². The molecule has 0 saturated carbocycles. The first-order valence-electron chi connectivity index (χ1n) is 6.45. The molecule has 0 spiro atoms. The maximum atomic E-state index is 12.8. The Hall–Kier alpha value is -1.00. The molecule has 0 saturated heterocycles. The molecule has 0 fully saturated rings. The summed E-state index contributed by atoms with van der Waals surface area (Å²) in [4.78, 5) is 6.15. The van der Waals surface area contributed by atoms with Crippen molar-refractivity contribution >= 4 is 0 Å². The molecule has 0 aliphatic heterocycles. The van der Waals surface area contributed by atoms with Crippen LogP contribution in [0.2, 0.25) is 0 Å². The second-order valence-electron chi connectivity index (χ2n) is 5.02.